The number of aryl methyl sites for hydroxylation is 1. The Morgan fingerprint density at radius 1 is 1.30 bits per heavy atom. The summed E-state index contributed by atoms with van der Waals surface area (Å²) in [4.78, 5) is 21.3. The van der Waals surface area contributed by atoms with Gasteiger partial charge in [-0.15, -0.1) is 0 Å². The maximum atomic E-state index is 12.4. The molecule has 1 amide bonds. The Bertz CT molecular complexity index is 622. The molecular weight excluding hydrogens is 308 g/mol. The topological polar surface area (TPSA) is 41.4 Å². The number of amides is 1. The first-order chi connectivity index (χ1) is 11.2. The molecule has 1 aliphatic heterocycles. The lowest BCUT2D eigenvalue weighted by Gasteiger charge is -2.22. The van der Waals surface area contributed by atoms with E-state index < -0.39 is 0 Å². The number of carbonyl (C=O) groups is 1. The van der Waals surface area contributed by atoms with Crippen molar-refractivity contribution in [2.45, 2.75) is 19.3 Å². The molecule has 0 N–H and O–H groups in total. The van der Waals surface area contributed by atoms with Gasteiger partial charge < -0.3 is 14.4 Å². The van der Waals surface area contributed by atoms with Gasteiger partial charge in [0.2, 0.25) is 5.91 Å². The van der Waals surface area contributed by atoms with Crippen molar-refractivity contribution in [3.8, 4) is 0 Å². The van der Waals surface area contributed by atoms with Crippen molar-refractivity contribution < 1.29 is 4.79 Å². The summed E-state index contributed by atoms with van der Waals surface area (Å²) in [5, 5.41) is 4.10. The number of rotatable bonds is 5. The number of hydrogen-bond donors (Lipinski definition) is 0. The number of thiophene rings is 1. The molecule has 1 saturated heterocycles. The number of carbonyl (C=O) groups excluding carboxylic acids is 1. The van der Waals surface area contributed by atoms with Crippen LogP contribution in [0, 0.1) is 0 Å². The molecule has 2 aromatic heterocycles. The third-order valence-electron chi connectivity index (χ3n) is 4.45. The van der Waals surface area contributed by atoms with E-state index in [1.54, 1.807) is 11.3 Å². The fourth-order valence-electron chi connectivity index (χ4n) is 3.02. The van der Waals surface area contributed by atoms with Crippen LogP contribution in [-0.4, -0.2) is 58.0 Å². The Morgan fingerprint density at radius 3 is 2.96 bits per heavy atom. The van der Waals surface area contributed by atoms with Crippen LogP contribution < -0.4 is 0 Å². The Hall–Kier alpha value is -1.66. The van der Waals surface area contributed by atoms with Crippen molar-refractivity contribution in [3.63, 3.8) is 0 Å². The maximum Gasteiger partial charge on any atom is 0.227 e. The molecule has 124 valence electrons. The van der Waals surface area contributed by atoms with Gasteiger partial charge in [-0.3, -0.25) is 4.79 Å². The van der Waals surface area contributed by atoms with Crippen molar-refractivity contribution in [2.75, 3.05) is 32.7 Å². The fraction of sp³-hybridized carbons (Fsp3) is 0.529. The lowest BCUT2D eigenvalue weighted by molar-refractivity contribution is -0.130. The molecule has 0 spiro atoms. The molecule has 0 bridgehead atoms. The normalized spacial score (nSPS) is 16.5. The highest BCUT2D eigenvalue weighted by molar-refractivity contribution is 7.07. The van der Waals surface area contributed by atoms with Crippen LogP contribution in [-0.2, 0) is 24.7 Å². The van der Waals surface area contributed by atoms with Crippen LogP contribution >= 0.6 is 11.3 Å². The summed E-state index contributed by atoms with van der Waals surface area (Å²) in [5.74, 6) is 1.38. The van der Waals surface area contributed by atoms with Gasteiger partial charge in [0.05, 0.1) is 6.42 Å². The number of aromatic nitrogens is 2. The van der Waals surface area contributed by atoms with E-state index >= 15 is 0 Å². The zero-order chi connectivity index (χ0) is 16.1. The quantitative estimate of drug-likeness (QED) is 0.838. The molecule has 3 heterocycles. The Morgan fingerprint density at radius 2 is 2.22 bits per heavy atom. The highest BCUT2D eigenvalue weighted by atomic mass is 32.1. The third kappa shape index (κ3) is 4.42. The predicted octanol–water partition coefficient (Wildman–Crippen LogP) is 1.80. The van der Waals surface area contributed by atoms with Crippen molar-refractivity contribution in [3.05, 3.63) is 40.6 Å². The van der Waals surface area contributed by atoms with Crippen molar-refractivity contribution in [2.24, 2.45) is 7.05 Å². The molecule has 0 aliphatic carbocycles. The minimum atomic E-state index is 0.259. The Balaban J connectivity index is 1.47. The summed E-state index contributed by atoms with van der Waals surface area (Å²) in [6.07, 6.45) is 6.39. The van der Waals surface area contributed by atoms with Crippen LogP contribution in [0.2, 0.25) is 0 Å². The maximum absolute atomic E-state index is 12.4. The lowest BCUT2D eigenvalue weighted by Crippen LogP contribution is -2.36. The van der Waals surface area contributed by atoms with Gasteiger partial charge in [-0.2, -0.15) is 11.3 Å². The summed E-state index contributed by atoms with van der Waals surface area (Å²) < 4.78 is 2.08. The highest BCUT2D eigenvalue weighted by Crippen LogP contribution is 2.11. The molecule has 2 aromatic rings. The zero-order valence-electron chi connectivity index (χ0n) is 13.6. The van der Waals surface area contributed by atoms with Crippen molar-refractivity contribution in [1.82, 2.24) is 19.4 Å². The van der Waals surface area contributed by atoms with E-state index in [4.69, 9.17) is 0 Å². The van der Waals surface area contributed by atoms with Gasteiger partial charge in [-0.25, -0.2) is 4.98 Å². The van der Waals surface area contributed by atoms with Gasteiger partial charge in [-0.05, 0) is 35.4 Å². The molecule has 6 heteroatoms. The molecule has 0 saturated carbocycles. The molecule has 0 aromatic carbocycles. The second-order valence-electron chi connectivity index (χ2n) is 6.09. The largest absolute Gasteiger partial charge is 0.341 e. The highest BCUT2D eigenvalue weighted by Gasteiger charge is 2.19. The molecule has 0 radical (unpaired) electrons. The second kappa shape index (κ2) is 7.75. The fourth-order valence-corrected chi connectivity index (χ4v) is 3.69. The number of imidazole rings is 1. The molecular formula is C17H24N4OS. The van der Waals surface area contributed by atoms with Crippen molar-refractivity contribution >= 4 is 17.2 Å². The molecule has 23 heavy (non-hydrogen) atoms. The molecule has 1 aliphatic rings. The van der Waals surface area contributed by atoms with Crippen LogP contribution in [0.5, 0.6) is 0 Å². The van der Waals surface area contributed by atoms with Gasteiger partial charge in [-0.1, -0.05) is 0 Å². The van der Waals surface area contributed by atoms with E-state index in [1.807, 2.05) is 35.8 Å². The minimum Gasteiger partial charge on any atom is -0.341 e. The monoisotopic (exact) mass is 332 g/mol. The third-order valence-corrected chi connectivity index (χ3v) is 5.18. The standard InChI is InChI=1S/C17H24N4OS/c1-19-9-5-18-16(19)3-8-20-6-2-7-21(11-10-20)17(22)13-15-4-12-23-14-15/h4-5,9,12,14H,2-3,6-8,10-11,13H2,1H3. The first kappa shape index (κ1) is 16.2. The summed E-state index contributed by atoms with van der Waals surface area (Å²) in [6, 6.07) is 2.04. The van der Waals surface area contributed by atoms with E-state index in [-0.39, 0.29) is 5.91 Å². The van der Waals surface area contributed by atoms with Gasteiger partial charge in [0, 0.05) is 52.0 Å². The summed E-state index contributed by atoms with van der Waals surface area (Å²) in [5.41, 5.74) is 1.14. The second-order valence-corrected chi connectivity index (χ2v) is 6.87. The Kier molecular flexibility index (Phi) is 5.46. The first-order valence-corrected chi connectivity index (χ1v) is 9.14. The summed E-state index contributed by atoms with van der Waals surface area (Å²) >= 11 is 1.65. The van der Waals surface area contributed by atoms with E-state index in [0.29, 0.717) is 6.42 Å². The van der Waals surface area contributed by atoms with Gasteiger partial charge in [0.1, 0.15) is 5.82 Å². The molecule has 0 atom stereocenters. The first-order valence-electron chi connectivity index (χ1n) is 8.20. The summed E-state index contributed by atoms with van der Waals surface area (Å²) in [7, 11) is 2.04. The molecule has 3 rings (SSSR count). The smallest absolute Gasteiger partial charge is 0.227 e. The van der Waals surface area contributed by atoms with E-state index in [2.05, 4.69) is 19.8 Å². The van der Waals surface area contributed by atoms with E-state index in [1.165, 1.54) is 0 Å². The van der Waals surface area contributed by atoms with E-state index in [0.717, 1.165) is 57.0 Å². The average Bonchev–Trinajstić information content (AvgIpc) is 3.12. The molecule has 0 unspecified atom stereocenters. The molecule has 5 nitrogen and oxygen atoms in total. The van der Waals surface area contributed by atoms with Crippen LogP contribution in [0.25, 0.3) is 0 Å². The van der Waals surface area contributed by atoms with Crippen molar-refractivity contribution in [1.29, 1.82) is 0 Å². The van der Waals surface area contributed by atoms with Gasteiger partial charge in [0.25, 0.3) is 0 Å². The van der Waals surface area contributed by atoms with Crippen LogP contribution in [0.15, 0.2) is 29.2 Å². The summed E-state index contributed by atoms with van der Waals surface area (Å²) in [6.45, 7) is 4.75. The van der Waals surface area contributed by atoms with Gasteiger partial charge in [0.15, 0.2) is 0 Å². The van der Waals surface area contributed by atoms with Crippen LogP contribution in [0.1, 0.15) is 17.8 Å². The SMILES string of the molecule is Cn1ccnc1CCN1CCCN(C(=O)Cc2ccsc2)CC1. The van der Waals surface area contributed by atoms with Gasteiger partial charge >= 0.3 is 0 Å². The minimum absolute atomic E-state index is 0.259. The number of hydrogen-bond acceptors (Lipinski definition) is 4. The molecule has 1 fully saturated rings. The van der Waals surface area contributed by atoms with E-state index in [9.17, 15) is 4.79 Å². The zero-order valence-corrected chi connectivity index (χ0v) is 14.5. The Labute approximate surface area is 141 Å². The average molecular weight is 332 g/mol. The van der Waals surface area contributed by atoms with Crippen LogP contribution in [0.4, 0.5) is 0 Å². The van der Waals surface area contributed by atoms with Crippen LogP contribution in [0.3, 0.4) is 0 Å². The predicted molar refractivity (Wildman–Crippen MR) is 92.6 cm³/mol. The lowest BCUT2D eigenvalue weighted by atomic mass is 10.2. The number of nitrogens with zero attached hydrogens (tertiary/aromatic N) is 4.